The fourth-order valence-corrected chi connectivity index (χ4v) is 4.94. The van der Waals surface area contributed by atoms with Crippen LogP contribution in [0.4, 0.5) is 0 Å². The van der Waals surface area contributed by atoms with Gasteiger partial charge in [0.2, 0.25) is 11.8 Å². The minimum atomic E-state index is -0.692. The van der Waals surface area contributed by atoms with Gasteiger partial charge in [-0.25, -0.2) is 0 Å². The van der Waals surface area contributed by atoms with Crippen LogP contribution in [0.25, 0.3) is 0 Å². The van der Waals surface area contributed by atoms with Crippen LogP contribution < -0.4 is 5.32 Å². The van der Waals surface area contributed by atoms with E-state index in [0.29, 0.717) is 27.2 Å². The van der Waals surface area contributed by atoms with Crippen LogP contribution >= 0.6 is 46.6 Å². The van der Waals surface area contributed by atoms with Crippen molar-refractivity contribution in [2.45, 2.75) is 24.8 Å². The summed E-state index contributed by atoms with van der Waals surface area (Å²) in [6.07, 6.45) is 0.388. The topological polar surface area (TPSA) is 49.4 Å². The first-order valence-corrected chi connectivity index (χ1v) is 13.0. The zero-order valence-electron chi connectivity index (χ0n) is 18.6. The average molecular weight is 536 g/mol. The zero-order chi connectivity index (χ0) is 24.5. The number of benzene rings is 3. The first kappa shape index (κ1) is 26.4. The van der Waals surface area contributed by atoms with Crippen molar-refractivity contribution in [1.29, 1.82) is 0 Å². The van der Waals surface area contributed by atoms with E-state index in [1.165, 1.54) is 11.8 Å². The molecule has 1 atom stereocenters. The molecular formula is C26H25Cl3N2O2S. The van der Waals surface area contributed by atoms with E-state index in [9.17, 15) is 9.59 Å². The molecule has 3 rings (SSSR count). The fourth-order valence-electron chi connectivity index (χ4n) is 3.47. The van der Waals surface area contributed by atoms with Crippen LogP contribution in [0.2, 0.25) is 15.1 Å². The Morgan fingerprint density at radius 1 is 0.912 bits per heavy atom. The van der Waals surface area contributed by atoms with E-state index in [-0.39, 0.29) is 24.1 Å². The van der Waals surface area contributed by atoms with Gasteiger partial charge in [-0.15, -0.1) is 11.8 Å². The third-order valence-electron chi connectivity index (χ3n) is 5.28. The van der Waals surface area contributed by atoms with Crippen molar-refractivity contribution in [3.05, 3.63) is 105 Å². The molecule has 0 aliphatic carbocycles. The molecule has 2 amide bonds. The predicted molar refractivity (Wildman–Crippen MR) is 143 cm³/mol. The molecule has 178 valence electrons. The summed E-state index contributed by atoms with van der Waals surface area (Å²) in [6, 6.07) is 21.6. The van der Waals surface area contributed by atoms with Gasteiger partial charge >= 0.3 is 0 Å². The molecule has 0 saturated carbocycles. The van der Waals surface area contributed by atoms with Gasteiger partial charge in [-0.2, -0.15) is 0 Å². The number of carbonyl (C=O) groups excluding carboxylic acids is 2. The van der Waals surface area contributed by atoms with E-state index in [0.717, 1.165) is 16.7 Å². The molecule has 4 nitrogen and oxygen atoms in total. The second-order valence-electron chi connectivity index (χ2n) is 7.70. The van der Waals surface area contributed by atoms with E-state index in [2.05, 4.69) is 5.32 Å². The Morgan fingerprint density at radius 2 is 1.59 bits per heavy atom. The van der Waals surface area contributed by atoms with Gasteiger partial charge in [0.1, 0.15) is 6.04 Å². The smallest absolute Gasteiger partial charge is 0.242 e. The molecule has 8 heteroatoms. The molecule has 0 aliphatic heterocycles. The summed E-state index contributed by atoms with van der Waals surface area (Å²) in [7, 11) is 1.58. The minimum absolute atomic E-state index is 0.144. The van der Waals surface area contributed by atoms with Crippen LogP contribution in [-0.4, -0.2) is 35.6 Å². The van der Waals surface area contributed by atoms with Crippen molar-refractivity contribution in [2.24, 2.45) is 0 Å². The van der Waals surface area contributed by atoms with Gasteiger partial charge < -0.3 is 10.2 Å². The second-order valence-corrected chi connectivity index (χ2v) is 9.96. The molecule has 3 aromatic carbocycles. The van der Waals surface area contributed by atoms with Crippen molar-refractivity contribution in [1.82, 2.24) is 10.2 Å². The molecule has 0 aliphatic rings. The van der Waals surface area contributed by atoms with Crippen LogP contribution in [0, 0.1) is 0 Å². The highest BCUT2D eigenvalue weighted by molar-refractivity contribution is 7.99. The average Bonchev–Trinajstić information content (AvgIpc) is 2.83. The number of nitrogens with one attached hydrogen (secondary N) is 1. The molecular weight excluding hydrogens is 511 g/mol. The molecule has 1 N–H and O–H groups in total. The van der Waals surface area contributed by atoms with Crippen molar-refractivity contribution >= 4 is 58.4 Å². The number of nitrogens with zero attached hydrogens (tertiary/aromatic N) is 1. The number of hydrogen-bond donors (Lipinski definition) is 1. The molecule has 0 heterocycles. The monoisotopic (exact) mass is 534 g/mol. The van der Waals surface area contributed by atoms with Crippen LogP contribution in [0.3, 0.4) is 0 Å². The van der Waals surface area contributed by atoms with E-state index in [1.807, 2.05) is 54.6 Å². The Hall–Kier alpha value is -2.18. The highest BCUT2D eigenvalue weighted by Crippen LogP contribution is 2.25. The fraction of sp³-hybridized carbons (Fsp3) is 0.231. The van der Waals surface area contributed by atoms with Gasteiger partial charge in [0.05, 0.1) is 5.75 Å². The van der Waals surface area contributed by atoms with Gasteiger partial charge in [-0.05, 0) is 41.0 Å². The van der Waals surface area contributed by atoms with Crippen molar-refractivity contribution in [3.8, 4) is 0 Å². The predicted octanol–water partition coefficient (Wildman–Crippen LogP) is 6.27. The molecule has 34 heavy (non-hydrogen) atoms. The Labute approximate surface area is 219 Å². The third-order valence-corrected chi connectivity index (χ3v) is 7.11. The molecule has 0 aromatic heterocycles. The molecule has 3 aromatic rings. The molecule has 0 bridgehead atoms. The van der Waals surface area contributed by atoms with Crippen LogP contribution in [0.15, 0.2) is 72.8 Å². The summed E-state index contributed by atoms with van der Waals surface area (Å²) in [4.78, 5) is 28.0. The number of likely N-dealkylation sites (N-methyl/N-ethyl adjacent to an activating group) is 1. The number of halogens is 3. The SMILES string of the molecule is CNC(=O)[C@H](Cc1ccccc1)N(Cc1ccc(Cl)cc1Cl)C(=O)CSCc1ccc(Cl)cc1. The van der Waals surface area contributed by atoms with Crippen molar-refractivity contribution in [2.75, 3.05) is 12.8 Å². The first-order chi connectivity index (χ1) is 16.4. The van der Waals surface area contributed by atoms with E-state index in [4.69, 9.17) is 34.8 Å². The summed E-state index contributed by atoms with van der Waals surface area (Å²) < 4.78 is 0. The number of rotatable bonds is 10. The lowest BCUT2D eigenvalue weighted by molar-refractivity contribution is -0.139. The van der Waals surface area contributed by atoms with Gasteiger partial charge in [0, 0.05) is 40.8 Å². The van der Waals surface area contributed by atoms with Crippen LogP contribution in [0.1, 0.15) is 16.7 Å². The Morgan fingerprint density at radius 3 is 2.24 bits per heavy atom. The largest absolute Gasteiger partial charge is 0.357 e. The van der Waals surface area contributed by atoms with Crippen LogP contribution in [-0.2, 0) is 28.3 Å². The number of amides is 2. The number of hydrogen-bond acceptors (Lipinski definition) is 3. The summed E-state index contributed by atoms with van der Waals surface area (Å²) >= 11 is 19.9. The Bertz CT molecular complexity index is 1110. The maximum Gasteiger partial charge on any atom is 0.242 e. The quantitative estimate of drug-likeness (QED) is 0.333. The third kappa shape index (κ3) is 7.67. The molecule has 0 saturated heterocycles. The highest BCUT2D eigenvalue weighted by Gasteiger charge is 2.30. The Kier molecular flexibility index (Phi) is 10.1. The number of thioether (sulfide) groups is 1. The van der Waals surface area contributed by atoms with E-state index < -0.39 is 6.04 Å². The van der Waals surface area contributed by atoms with E-state index >= 15 is 0 Å². The zero-order valence-corrected chi connectivity index (χ0v) is 21.7. The lowest BCUT2D eigenvalue weighted by Crippen LogP contribution is -2.50. The summed E-state index contributed by atoms with van der Waals surface area (Å²) in [6.45, 7) is 0.196. The van der Waals surface area contributed by atoms with Crippen LogP contribution in [0.5, 0.6) is 0 Å². The van der Waals surface area contributed by atoms with Gasteiger partial charge in [-0.3, -0.25) is 9.59 Å². The van der Waals surface area contributed by atoms with Gasteiger partial charge in [0.25, 0.3) is 0 Å². The van der Waals surface area contributed by atoms with E-state index in [1.54, 1.807) is 30.1 Å². The standard InChI is InChI=1S/C26H25Cl3N2O2S/c1-30-26(33)24(13-18-5-3-2-4-6-18)31(15-20-9-12-22(28)14-23(20)29)25(32)17-34-16-19-7-10-21(27)11-8-19/h2-12,14,24H,13,15-17H2,1H3,(H,30,33)/t24-/m0/s1. The summed E-state index contributed by atoms with van der Waals surface area (Å²) in [5, 5.41) is 4.35. The first-order valence-electron chi connectivity index (χ1n) is 10.7. The highest BCUT2D eigenvalue weighted by atomic mass is 35.5. The lowest BCUT2D eigenvalue weighted by atomic mass is 10.0. The summed E-state index contributed by atoms with van der Waals surface area (Å²) in [5.74, 6) is 0.497. The molecule has 0 spiro atoms. The Balaban J connectivity index is 1.83. The lowest BCUT2D eigenvalue weighted by Gasteiger charge is -2.31. The van der Waals surface area contributed by atoms with Gasteiger partial charge in [0.15, 0.2) is 0 Å². The molecule has 0 unspecified atom stereocenters. The number of carbonyl (C=O) groups is 2. The maximum atomic E-state index is 13.5. The summed E-state index contributed by atoms with van der Waals surface area (Å²) in [5.41, 5.74) is 2.76. The minimum Gasteiger partial charge on any atom is -0.357 e. The molecule has 0 fully saturated rings. The van der Waals surface area contributed by atoms with Gasteiger partial charge in [-0.1, -0.05) is 83.3 Å². The van der Waals surface area contributed by atoms with Crippen molar-refractivity contribution in [3.63, 3.8) is 0 Å². The second kappa shape index (κ2) is 13.1. The molecule has 0 radical (unpaired) electrons. The normalized spacial score (nSPS) is 11.6. The van der Waals surface area contributed by atoms with Crippen molar-refractivity contribution < 1.29 is 9.59 Å². The maximum absolute atomic E-state index is 13.5.